The van der Waals surface area contributed by atoms with Crippen molar-refractivity contribution in [2.24, 2.45) is 4.99 Å². The first-order valence-corrected chi connectivity index (χ1v) is 8.03. The van der Waals surface area contributed by atoms with E-state index in [1.807, 2.05) is 5.32 Å². The van der Waals surface area contributed by atoms with Crippen LogP contribution in [0.1, 0.15) is 0 Å². The molecule has 0 aliphatic carbocycles. The maximum atomic E-state index is 12.3. The van der Waals surface area contributed by atoms with E-state index in [4.69, 9.17) is 21.1 Å². The van der Waals surface area contributed by atoms with Gasteiger partial charge in [0.15, 0.2) is 5.25 Å². The van der Waals surface area contributed by atoms with Crippen LogP contribution >= 0.6 is 11.6 Å². The first kappa shape index (κ1) is 17.0. The van der Waals surface area contributed by atoms with Crippen LogP contribution in [0.5, 0.6) is 11.5 Å². The van der Waals surface area contributed by atoms with Crippen molar-refractivity contribution in [2.45, 2.75) is 5.25 Å². The van der Waals surface area contributed by atoms with Crippen molar-refractivity contribution < 1.29 is 27.5 Å². The Labute approximate surface area is 136 Å². The van der Waals surface area contributed by atoms with Gasteiger partial charge in [-0.25, -0.2) is 18.2 Å². The molecular formula is C12H12ClN3O6S. The zero-order valence-electron chi connectivity index (χ0n) is 12.0. The summed E-state index contributed by atoms with van der Waals surface area (Å²) >= 11 is 5.93. The lowest BCUT2D eigenvalue weighted by Gasteiger charge is -2.18. The molecule has 3 amide bonds. The Morgan fingerprint density at radius 3 is 2.43 bits per heavy atom. The van der Waals surface area contributed by atoms with E-state index < -0.39 is 27.2 Å². The van der Waals surface area contributed by atoms with Gasteiger partial charge in [-0.05, 0) is 0 Å². The van der Waals surface area contributed by atoms with Gasteiger partial charge in [-0.1, -0.05) is 11.6 Å². The summed E-state index contributed by atoms with van der Waals surface area (Å²) < 4.78 is 36.9. The summed E-state index contributed by atoms with van der Waals surface area (Å²) in [6, 6.07) is 1.74. The van der Waals surface area contributed by atoms with Crippen LogP contribution < -0.4 is 19.5 Å². The molecule has 0 radical (unpaired) electrons. The van der Waals surface area contributed by atoms with E-state index in [-0.39, 0.29) is 22.2 Å². The summed E-state index contributed by atoms with van der Waals surface area (Å²) in [7, 11) is -1.54. The van der Waals surface area contributed by atoms with Crippen LogP contribution in [-0.2, 0) is 14.8 Å². The molecule has 1 aliphatic rings. The molecule has 124 valence electrons. The number of hydrogen-bond donors (Lipinski definition) is 2. The van der Waals surface area contributed by atoms with Gasteiger partial charge in [0.2, 0.25) is 10.0 Å². The molecule has 2 N–H and O–H groups in total. The molecule has 11 heteroatoms. The third-order valence-corrected chi connectivity index (χ3v) is 4.68. The molecule has 23 heavy (non-hydrogen) atoms. The first-order chi connectivity index (χ1) is 10.8. The fourth-order valence-electron chi connectivity index (χ4n) is 1.79. The molecule has 2 rings (SSSR count). The molecule has 0 saturated heterocycles. The quantitative estimate of drug-likeness (QED) is 0.799. The maximum Gasteiger partial charge on any atom is 0.347 e. The Bertz CT molecular complexity index is 792. The molecule has 0 saturated carbocycles. The topological polar surface area (TPSA) is 123 Å². The molecule has 1 aromatic carbocycles. The molecule has 1 heterocycles. The highest BCUT2D eigenvalue weighted by Gasteiger charge is 2.35. The molecule has 1 aliphatic heterocycles. The predicted octanol–water partition coefficient (Wildman–Crippen LogP) is 0.788. The third-order valence-electron chi connectivity index (χ3n) is 2.88. The molecule has 0 bridgehead atoms. The number of amides is 3. The van der Waals surface area contributed by atoms with Gasteiger partial charge in [0, 0.05) is 18.3 Å². The first-order valence-electron chi connectivity index (χ1n) is 6.10. The normalized spacial score (nSPS) is 17.6. The molecule has 1 unspecified atom stereocenters. The molecule has 9 nitrogen and oxygen atoms in total. The van der Waals surface area contributed by atoms with Crippen molar-refractivity contribution in [3.63, 3.8) is 0 Å². The van der Waals surface area contributed by atoms with Gasteiger partial charge in [-0.2, -0.15) is 0 Å². The smallest absolute Gasteiger partial charge is 0.347 e. The Kier molecular flexibility index (Phi) is 4.76. The molecule has 0 fully saturated rings. The Balaban J connectivity index is 2.39. The fourth-order valence-corrected chi connectivity index (χ4v) is 3.18. The molecule has 1 atom stereocenters. The van der Waals surface area contributed by atoms with Gasteiger partial charge in [0.25, 0.3) is 5.91 Å². The van der Waals surface area contributed by atoms with Gasteiger partial charge < -0.3 is 9.47 Å². The Hall–Kier alpha value is -2.33. The van der Waals surface area contributed by atoms with Crippen LogP contribution in [0, 0.1) is 0 Å². The summed E-state index contributed by atoms with van der Waals surface area (Å²) in [5, 5.41) is 0.366. The van der Waals surface area contributed by atoms with Crippen LogP contribution in [0.25, 0.3) is 0 Å². The summed E-state index contributed by atoms with van der Waals surface area (Å²) in [6.45, 7) is 0. The minimum atomic E-state index is -4.22. The number of carbonyl (C=O) groups excluding carboxylic acids is 2. The highest BCUT2D eigenvalue weighted by atomic mass is 35.5. The molecule has 0 spiro atoms. The number of carbonyl (C=O) groups is 2. The highest BCUT2D eigenvalue weighted by molar-refractivity contribution is 7.94. The summed E-state index contributed by atoms with van der Waals surface area (Å²) in [5.74, 6) is -0.664. The fraction of sp³-hybridized carbons (Fsp3) is 0.250. The lowest BCUT2D eigenvalue weighted by molar-refractivity contribution is -0.118. The van der Waals surface area contributed by atoms with E-state index in [9.17, 15) is 18.0 Å². The maximum absolute atomic E-state index is 12.3. The van der Waals surface area contributed by atoms with Crippen LogP contribution in [0.3, 0.4) is 0 Å². The lowest BCUT2D eigenvalue weighted by Crippen LogP contribution is -2.48. The van der Waals surface area contributed by atoms with Crippen LogP contribution in [0.15, 0.2) is 17.1 Å². The number of anilines is 1. The monoisotopic (exact) mass is 361 g/mol. The standard InChI is InChI=1S/C12H12ClN3O6S/c1-21-8-4-7(9(22-2)3-6(8)13)16-23(19,20)10-5-14-12(18)15-11(10)17/h3-5,10,16H,1-2H3,(H,15,17,18). The van der Waals surface area contributed by atoms with Crippen molar-refractivity contribution >= 4 is 45.5 Å². The average Bonchev–Trinajstić information content (AvgIpc) is 2.47. The van der Waals surface area contributed by atoms with Crippen molar-refractivity contribution in [3.05, 3.63) is 17.2 Å². The largest absolute Gasteiger partial charge is 0.495 e. The number of nitrogens with one attached hydrogen (secondary N) is 2. The van der Waals surface area contributed by atoms with Crippen molar-refractivity contribution in [3.8, 4) is 11.5 Å². The van der Waals surface area contributed by atoms with E-state index in [0.29, 0.717) is 0 Å². The number of sulfonamides is 1. The number of ether oxygens (including phenoxy) is 2. The second-order valence-electron chi connectivity index (χ2n) is 4.33. The number of aliphatic imine (C=N–C) groups is 1. The van der Waals surface area contributed by atoms with Gasteiger partial charge in [-0.3, -0.25) is 14.8 Å². The number of rotatable bonds is 5. The number of urea groups is 1. The zero-order chi connectivity index (χ0) is 17.2. The second-order valence-corrected chi connectivity index (χ2v) is 6.54. The molecular weight excluding hydrogens is 350 g/mol. The SMILES string of the molecule is COc1cc(NS(=O)(=O)C2C=NC(=O)NC2=O)c(OC)cc1Cl. The predicted molar refractivity (Wildman–Crippen MR) is 82.9 cm³/mol. The molecule has 0 aromatic heterocycles. The summed E-state index contributed by atoms with van der Waals surface area (Å²) in [4.78, 5) is 25.9. The number of imide groups is 1. The number of benzene rings is 1. The zero-order valence-corrected chi connectivity index (χ0v) is 13.6. The molecule has 1 aromatic rings. The summed E-state index contributed by atoms with van der Waals surface area (Å²) in [5.41, 5.74) is 0.0202. The Morgan fingerprint density at radius 2 is 1.87 bits per heavy atom. The minimum Gasteiger partial charge on any atom is -0.495 e. The van der Waals surface area contributed by atoms with Crippen LogP contribution in [-0.4, -0.2) is 46.0 Å². The van der Waals surface area contributed by atoms with E-state index in [1.165, 1.54) is 26.4 Å². The third kappa shape index (κ3) is 3.54. The van der Waals surface area contributed by atoms with Crippen molar-refractivity contribution in [2.75, 3.05) is 18.9 Å². The van der Waals surface area contributed by atoms with E-state index in [0.717, 1.165) is 6.21 Å². The van der Waals surface area contributed by atoms with E-state index >= 15 is 0 Å². The number of halogens is 1. The lowest BCUT2D eigenvalue weighted by atomic mass is 10.3. The van der Waals surface area contributed by atoms with Gasteiger partial charge in [-0.15, -0.1) is 0 Å². The van der Waals surface area contributed by atoms with Crippen molar-refractivity contribution in [1.29, 1.82) is 0 Å². The number of hydrogen-bond acceptors (Lipinski definition) is 6. The highest BCUT2D eigenvalue weighted by Crippen LogP contribution is 2.36. The second kappa shape index (κ2) is 6.42. The number of methoxy groups -OCH3 is 2. The van der Waals surface area contributed by atoms with Crippen LogP contribution in [0.2, 0.25) is 5.02 Å². The van der Waals surface area contributed by atoms with Gasteiger partial charge >= 0.3 is 6.03 Å². The average molecular weight is 362 g/mol. The van der Waals surface area contributed by atoms with Crippen LogP contribution in [0.4, 0.5) is 10.5 Å². The summed E-state index contributed by atoms with van der Waals surface area (Å²) in [6.07, 6.45) is 0.753. The van der Waals surface area contributed by atoms with E-state index in [1.54, 1.807) is 0 Å². The van der Waals surface area contributed by atoms with Gasteiger partial charge in [0.05, 0.1) is 24.9 Å². The van der Waals surface area contributed by atoms with E-state index in [2.05, 4.69) is 9.71 Å². The van der Waals surface area contributed by atoms with Crippen molar-refractivity contribution in [1.82, 2.24) is 5.32 Å². The number of nitrogens with zero attached hydrogens (tertiary/aromatic N) is 1. The Morgan fingerprint density at radius 1 is 1.22 bits per heavy atom. The van der Waals surface area contributed by atoms with Gasteiger partial charge in [0.1, 0.15) is 11.5 Å². The minimum absolute atomic E-state index is 0.0202.